The molecule has 4 heterocycles. The minimum absolute atomic E-state index is 0.918. The summed E-state index contributed by atoms with van der Waals surface area (Å²) in [5.74, 6) is 0.949. The minimum atomic E-state index is 0.918. The van der Waals surface area contributed by atoms with Gasteiger partial charge in [-0.25, -0.2) is 4.98 Å². The van der Waals surface area contributed by atoms with Crippen molar-refractivity contribution in [2.75, 3.05) is 0 Å². The number of fused-ring (bicyclic) bond motifs is 4. The van der Waals surface area contributed by atoms with E-state index in [9.17, 15) is 0 Å². The van der Waals surface area contributed by atoms with Gasteiger partial charge < -0.3 is 13.6 Å². The number of furan rings is 1. The number of aromatic nitrogens is 4. The Morgan fingerprint density at radius 2 is 1.48 bits per heavy atom. The first-order chi connectivity index (χ1) is 19.8. The van der Waals surface area contributed by atoms with Crippen molar-refractivity contribution in [3.63, 3.8) is 0 Å². The highest BCUT2D eigenvalue weighted by molar-refractivity contribution is 6.10. The smallest absolute Gasteiger partial charge is 0.140 e. The van der Waals surface area contributed by atoms with Gasteiger partial charge in [-0.1, -0.05) is 54.6 Å². The lowest BCUT2D eigenvalue weighted by molar-refractivity contribution is 0.568. The van der Waals surface area contributed by atoms with Crippen LogP contribution in [0.5, 0.6) is 0 Å². The van der Waals surface area contributed by atoms with E-state index in [2.05, 4.69) is 101 Å². The van der Waals surface area contributed by atoms with Gasteiger partial charge in [0.25, 0.3) is 0 Å². The van der Waals surface area contributed by atoms with Crippen molar-refractivity contribution in [3.8, 4) is 39.5 Å². The maximum Gasteiger partial charge on any atom is 0.140 e. The van der Waals surface area contributed by atoms with Crippen LogP contribution >= 0.6 is 0 Å². The lowest BCUT2D eigenvalue weighted by Gasteiger charge is -2.14. The Labute approximate surface area is 230 Å². The zero-order chi connectivity index (χ0) is 26.6. The molecule has 5 heteroatoms. The Morgan fingerprint density at radius 1 is 0.650 bits per heavy atom. The van der Waals surface area contributed by atoms with Crippen LogP contribution in [0.4, 0.5) is 0 Å². The molecule has 0 atom stereocenters. The molecular weight excluding hydrogens is 492 g/mol. The highest BCUT2D eigenvalue weighted by Gasteiger charge is 2.18. The third-order valence-corrected chi connectivity index (χ3v) is 7.75. The number of rotatable bonds is 4. The fraction of sp³-hybridized carbons (Fsp3) is 0.0286. The van der Waals surface area contributed by atoms with Crippen molar-refractivity contribution in [2.45, 2.75) is 0 Å². The second kappa shape index (κ2) is 8.82. The normalized spacial score (nSPS) is 11.6. The molecule has 0 saturated heterocycles. The summed E-state index contributed by atoms with van der Waals surface area (Å²) < 4.78 is 9.95. The highest BCUT2D eigenvalue weighted by Crippen LogP contribution is 2.38. The average Bonchev–Trinajstić information content (AvgIpc) is 3.74. The lowest BCUT2D eigenvalue weighted by Crippen LogP contribution is -1.97. The molecule has 8 rings (SSSR count). The van der Waals surface area contributed by atoms with E-state index in [0.29, 0.717) is 0 Å². The van der Waals surface area contributed by atoms with E-state index in [0.717, 1.165) is 61.5 Å². The average molecular weight is 517 g/mol. The molecule has 0 amide bonds. The van der Waals surface area contributed by atoms with Gasteiger partial charge in [-0.15, -0.1) is 0 Å². The summed E-state index contributed by atoms with van der Waals surface area (Å²) in [6.45, 7) is 0. The van der Waals surface area contributed by atoms with Gasteiger partial charge in [0.15, 0.2) is 0 Å². The first kappa shape index (κ1) is 22.6. The minimum Gasteiger partial charge on any atom is -0.472 e. The first-order valence-electron chi connectivity index (χ1n) is 13.3. The number of imidazole rings is 1. The van der Waals surface area contributed by atoms with Crippen molar-refractivity contribution >= 4 is 32.8 Å². The molecule has 0 aliphatic heterocycles. The predicted octanol–water partition coefficient (Wildman–Crippen LogP) is 8.66. The largest absolute Gasteiger partial charge is 0.472 e. The number of para-hydroxylation sites is 3. The summed E-state index contributed by atoms with van der Waals surface area (Å²) in [5, 5.41) is 2.42. The Kier molecular flexibility index (Phi) is 4.97. The summed E-state index contributed by atoms with van der Waals surface area (Å²) in [6.07, 6.45) is 5.33. The van der Waals surface area contributed by atoms with Crippen LogP contribution in [-0.4, -0.2) is 19.1 Å². The van der Waals surface area contributed by atoms with Crippen LogP contribution in [0.1, 0.15) is 0 Å². The summed E-state index contributed by atoms with van der Waals surface area (Å²) in [6, 6.07) is 38.1. The van der Waals surface area contributed by atoms with Gasteiger partial charge in [-0.3, -0.25) is 4.98 Å². The maximum atomic E-state index is 5.43. The van der Waals surface area contributed by atoms with Gasteiger partial charge in [0, 0.05) is 46.4 Å². The SMILES string of the molecule is Cn1c(-c2ccc3c4ccccc4n(-c4ccc(-c5ccoc5)c(-c5ccccn5)c4)c3c2)nc2ccccc21. The molecule has 8 aromatic rings. The molecular formula is C35H24N4O. The van der Waals surface area contributed by atoms with Crippen molar-refractivity contribution < 1.29 is 4.42 Å². The molecule has 4 aromatic heterocycles. The first-order valence-corrected chi connectivity index (χ1v) is 13.3. The van der Waals surface area contributed by atoms with Crippen LogP contribution in [0.15, 0.2) is 132 Å². The highest BCUT2D eigenvalue weighted by atomic mass is 16.3. The van der Waals surface area contributed by atoms with Crippen LogP contribution in [0.2, 0.25) is 0 Å². The van der Waals surface area contributed by atoms with E-state index in [1.807, 2.05) is 30.5 Å². The monoisotopic (exact) mass is 516 g/mol. The summed E-state index contributed by atoms with van der Waals surface area (Å²) >= 11 is 0. The zero-order valence-corrected chi connectivity index (χ0v) is 21.8. The number of hydrogen-bond acceptors (Lipinski definition) is 3. The van der Waals surface area contributed by atoms with E-state index in [1.165, 1.54) is 10.8 Å². The molecule has 0 spiro atoms. The number of benzene rings is 4. The number of aryl methyl sites for hydroxylation is 1. The van der Waals surface area contributed by atoms with Gasteiger partial charge >= 0.3 is 0 Å². The van der Waals surface area contributed by atoms with Crippen LogP contribution in [-0.2, 0) is 7.05 Å². The molecule has 40 heavy (non-hydrogen) atoms. The third-order valence-electron chi connectivity index (χ3n) is 7.75. The molecule has 0 fully saturated rings. The van der Waals surface area contributed by atoms with Gasteiger partial charge in [-0.2, -0.15) is 0 Å². The number of hydrogen-bond donors (Lipinski definition) is 0. The fourth-order valence-electron chi connectivity index (χ4n) is 5.87. The van der Waals surface area contributed by atoms with Crippen LogP contribution in [0.3, 0.4) is 0 Å². The van der Waals surface area contributed by atoms with Crippen molar-refractivity contribution in [3.05, 3.63) is 128 Å². The molecule has 0 radical (unpaired) electrons. The van der Waals surface area contributed by atoms with E-state index in [4.69, 9.17) is 14.4 Å². The zero-order valence-electron chi connectivity index (χ0n) is 21.8. The van der Waals surface area contributed by atoms with Gasteiger partial charge in [0.1, 0.15) is 5.82 Å². The standard InChI is InChI=1S/C35H24N4O/c1-38-33-12-5-3-10-31(33)37-35(38)23-13-15-28-27-8-2-4-11-32(27)39(34(28)20-23)25-14-16-26(24-17-19-40-22-24)29(21-25)30-9-6-7-18-36-30/h2-22H,1H3. The Morgan fingerprint density at radius 3 is 2.30 bits per heavy atom. The molecule has 4 aromatic carbocycles. The Hall–Kier alpha value is -5.42. The summed E-state index contributed by atoms with van der Waals surface area (Å²) in [5.41, 5.74) is 10.6. The van der Waals surface area contributed by atoms with E-state index >= 15 is 0 Å². The Bertz CT molecular complexity index is 2170. The van der Waals surface area contributed by atoms with Crippen molar-refractivity contribution in [1.29, 1.82) is 0 Å². The molecule has 0 saturated carbocycles. The van der Waals surface area contributed by atoms with Crippen molar-refractivity contribution in [2.24, 2.45) is 7.05 Å². The van der Waals surface area contributed by atoms with Gasteiger partial charge in [0.2, 0.25) is 0 Å². The van der Waals surface area contributed by atoms with Crippen LogP contribution in [0, 0.1) is 0 Å². The quantitative estimate of drug-likeness (QED) is 0.235. The fourth-order valence-corrected chi connectivity index (χ4v) is 5.87. The van der Waals surface area contributed by atoms with Crippen LogP contribution in [0.25, 0.3) is 72.3 Å². The molecule has 0 aliphatic rings. The second-order valence-electron chi connectivity index (χ2n) is 10.0. The molecule has 0 bridgehead atoms. The summed E-state index contributed by atoms with van der Waals surface area (Å²) in [7, 11) is 2.08. The summed E-state index contributed by atoms with van der Waals surface area (Å²) in [4.78, 5) is 9.68. The van der Waals surface area contributed by atoms with Gasteiger partial charge in [0.05, 0.1) is 40.3 Å². The second-order valence-corrected chi connectivity index (χ2v) is 10.0. The molecule has 5 nitrogen and oxygen atoms in total. The number of nitrogens with zero attached hydrogens (tertiary/aromatic N) is 4. The molecule has 0 aliphatic carbocycles. The third kappa shape index (κ3) is 3.41. The Balaban J connectivity index is 1.40. The van der Waals surface area contributed by atoms with E-state index < -0.39 is 0 Å². The topological polar surface area (TPSA) is 48.8 Å². The van der Waals surface area contributed by atoms with Crippen LogP contribution < -0.4 is 0 Å². The maximum absolute atomic E-state index is 5.43. The molecule has 0 unspecified atom stereocenters. The molecule has 190 valence electrons. The number of pyridine rings is 1. The van der Waals surface area contributed by atoms with Gasteiger partial charge in [-0.05, 0) is 60.2 Å². The van der Waals surface area contributed by atoms with E-state index in [-0.39, 0.29) is 0 Å². The van der Waals surface area contributed by atoms with Crippen molar-refractivity contribution in [1.82, 2.24) is 19.1 Å². The lowest BCUT2D eigenvalue weighted by atomic mass is 9.98. The molecule has 0 N–H and O–H groups in total. The predicted molar refractivity (Wildman–Crippen MR) is 161 cm³/mol. The van der Waals surface area contributed by atoms with E-state index in [1.54, 1.807) is 12.5 Å².